The van der Waals surface area contributed by atoms with E-state index in [1.165, 1.54) is 22.7 Å². The molecule has 1 aliphatic heterocycles. The highest BCUT2D eigenvalue weighted by atomic mass is 32.1. The van der Waals surface area contributed by atoms with Gasteiger partial charge in [-0.15, -0.1) is 22.7 Å². The standard InChI is InChI=1S/C15H18N6O4S2/c1-20-5-2-9-10(8-20)27-13(17-9)12(23)19-21(15(24)25)6-3-11(22)18-14-16-4-7-26-14/h4,7H,2-3,5-6,8H2,1H3,(H,19,23)(H,24,25)(H,16,18,22). The number of nitrogens with zero attached hydrogens (tertiary/aromatic N) is 4. The normalized spacial score (nSPS) is 13.7. The van der Waals surface area contributed by atoms with Gasteiger partial charge >= 0.3 is 6.09 Å². The summed E-state index contributed by atoms with van der Waals surface area (Å²) in [6, 6.07) is 0. The minimum absolute atomic E-state index is 0.120. The molecule has 12 heteroatoms. The Balaban J connectivity index is 1.56. The van der Waals surface area contributed by atoms with Gasteiger partial charge in [-0.3, -0.25) is 15.0 Å². The van der Waals surface area contributed by atoms with Gasteiger partial charge in [0.25, 0.3) is 5.91 Å². The summed E-state index contributed by atoms with van der Waals surface area (Å²) >= 11 is 2.52. The Labute approximate surface area is 162 Å². The summed E-state index contributed by atoms with van der Waals surface area (Å²) in [7, 11) is 1.99. The average Bonchev–Trinajstić information content (AvgIpc) is 3.27. The van der Waals surface area contributed by atoms with E-state index in [4.69, 9.17) is 0 Å². The zero-order valence-electron chi connectivity index (χ0n) is 14.5. The van der Waals surface area contributed by atoms with Crippen molar-refractivity contribution in [3.63, 3.8) is 0 Å². The van der Waals surface area contributed by atoms with Gasteiger partial charge in [-0.05, 0) is 7.05 Å². The first-order chi connectivity index (χ1) is 12.9. The van der Waals surface area contributed by atoms with Crippen LogP contribution >= 0.6 is 22.7 Å². The second-order valence-electron chi connectivity index (χ2n) is 5.89. The highest BCUT2D eigenvalue weighted by Gasteiger charge is 2.24. The Bertz CT molecular complexity index is 837. The van der Waals surface area contributed by atoms with Crippen LogP contribution in [0.1, 0.15) is 26.8 Å². The van der Waals surface area contributed by atoms with Crippen LogP contribution in [0, 0.1) is 0 Å². The van der Waals surface area contributed by atoms with Crippen molar-refractivity contribution in [1.82, 2.24) is 25.3 Å². The largest absolute Gasteiger partial charge is 0.464 e. The van der Waals surface area contributed by atoms with Gasteiger partial charge in [0.15, 0.2) is 10.1 Å². The van der Waals surface area contributed by atoms with Crippen LogP contribution in [-0.2, 0) is 17.8 Å². The molecule has 1 aliphatic rings. The van der Waals surface area contributed by atoms with Crippen LogP contribution in [0.3, 0.4) is 0 Å². The van der Waals surface area contributed by atoms with Gasteiger partial charge in [0.05, 0.1) is 12.2 Å². The van der Waals surface area contributed by atoms with E-state index in [0.29, 0.717) is 10.1 Å². The maximum Gasteiger partial charge on any atom is 0.426 e. The predicted octanol–water partition coefficient (Wildman–Crippen LogP) is 1.24. The molecule has 10 nitrogen and oxygen atoms in total. The molecule has 0 fully saturated rings. The first-order valence-electron chi connectivity index (χ1n) is 8.10. The molecular weight excluding hydrogens is 392 g/mol. The van der Waals surface area contributed by atoms with Crippen LogP contribution in [0.5, 0.6) is 0 Å². The highest BCUT2D eigenvalue weighted by Crippen LogP contribution is 2.24. The molecule has 0 spiro atoms. The smallest absolute Gasteiger partial charge is 0.426 e. The van der Waals surface area contributed by atoms with Crippen molar-refractivity contribution < 1.29 is 19.5 Å². The fourth-order valence-corrected chi connectivity index (χ4v) is 4.09. The van der Waals surface area contributed by atoms with E-state index in [9.17, 15) is 19.5 Å². The number of hydrogen-bond donors (Lipinski definition) is 3. The summed E-state index contributed by atoms with van der Waals surface area (Å²) in [5.41, 5.74) is 3.19. The van der Waals surface area contributed by atoms with E-state index in [1.54, 1.807) is 11.6 Å². The quantitative estimate of drug-likeness (QED) is 0.633. The molecule has 0 aliphatic carbocycles. The molecule has 0 radical (unpaired) electrons. The van der Waals surface area contributed by atoms with Crippen LogP contribution in [0.2, 0.25) is 0 Å². The van der Waals surface area contributed by atoms with E-state index in [2.05, 4.69) is 25.6 Å². The van der Waals surface area contributed by atoms with E-state index < -0.39 is 17.9 Å². The molecule has 0 atom stereocenters. The summed E-state index contributed by atoms with van der Waals surface area (Å²) in [5, 5.41) is 14.9. The maximum atomic E-state index is 12.4. The van der Waals surface area contributed by atoms with Crippen LogP contribution in [-0.4, -0.2) is 63.0 Å². The molecule has 3 N–H and O–H groups in total. The highest BCUT2D eigenvalue weighted by molar-refractivity contribution is 7.14. The third-order valence-corrected chi connectivity index (χ3v) is 5.59. The Morgan fingerprint density at radius 1 is 1.41 bits per heavy atom. The maximum absolute atomic E-state index is 12.4. The number of thiazole rings is 2. The molecule has 144 valence electrons. The summed E-state index contributed by atoms with van der Waals surface area (Å²) < 4.78 is 0. The minimum atomic E-state index is -1.36. The molecule has 27 heavy (non-hydrogen) atoms. The molecule has 0 saturated heterocycles. The first-order valence-corrected chi connectivity index (χ1v) is 9.80. The number of fused-ring (bicyclic) bond motifs is 1. The molecule has 0 unspecified atom stereocenters. The van der Waals surface area contributed by atoms with Crippen molar-refractivity contribution in [2.75, 3.05) is 25.5 Å². The third kappa shape index (κ3) is 4.99. The number of anilines is 1. The topological polar surface area (TPSA) is 128 Å². The summed E-state index contributed by atoms with van der Waals surface area (Å²) in [4.78, 5) is 47.0. The van der Waals surface area contributed by atoms with Crippen molar-refractivity contribution >= 4 is 45.7 Å². The van der Waals surface area contributed by atoms with Gasteiger partial charge in [-0.25, -0.2) is 19.8 Å². The number of rotatable bonds is 5. The van der Waals surface area contributed by atoms with Crippen molar-refractivity contribution in [1.29, 1.82) is 0 Å². The molecular formula is C15H18N6O4S2. The second kappa shape index (κ2) is 8.41. The van der Waals surface area contributed by atoms with Crippen molar-refractivity contribution in [2.24, 2.45) is 0 Å². The lowest BCUT2D eigenvalue weighted by atomic mass is 10.2. The van der Waals surface area contributed by atoms with Gasteiger partial charge in [-0.2, -0.15) is 0 Å². The van der Waals surface area contributed by atoms with E-state index in [0.717, 1.165) is 30.1 Å². The molecule has 2 aromatic heterocycles. The van der Waals surface area contributed by atoms with Crippen LogP contribution in [0.15, 0.2) is 11.6 Å². The predicted molar refractivity (Wildman–Crippen MR) is 99.7 cm³/mol. The van der Waals surface area contributed by atoms with E-state index >= 15 is 0 Å². The second-order valence-corrected chi connectivity index (χ2v) is 7.87. The molecule has 3 heterocycles. The molecule has 3 amide bonds. The number of amides is 3. The number of likely N-dealkylation sites (N-methyl/N-ethyl adjacent to an activating group) is 1. The monoisotopic (exact) mass is 410 g/mol. The lowest BCUT2D eigenvalue weighted by Crippen LogP contribution is -2.46. The first kappa shape index (κ1) is 19.2. The van der Waals surface area contributed by atoms with E-state index in [1.807, 2.05) is 7.05 Å². The number of hydrogen-bond acceptors (Lipinski definition) is 8. The molecule has 0 saturated carbocycles. The SMILES string of the molecule is CN1CCc2nc(C(=O)NN(CCC(=O)Nc3nccs3)C(=O)O)sc2C1. The average molecular weight is 410 g/mol. The molecule has 0 aromatic carbocycles. The Kier molecular flexibility index (Phi) is 5.98. The third-order valence-electron chi connectivity index (χ3n) is 3.82. The van der Waals surface area contributed by atoms with Crippen LogP contribution in [0.25, 0.3) is 0 Å². The number of nitrogens with one attached hydrogen (secondary N) is 2. The molecule has 2 aromatic rings. The summed E-state index contributed by atoms with van der Waals surface area (Å²) in [6.07, 6.45) is 0.835. The van der Waals surface area contributed by atoms with Crippen molar-refractivity contribution in [3.05, 3.63) is 27.2 Å². The van der Waals surface area contributed by atoms with Crippen LogP contribution < -0.4 is 10.7 Å². The Hall–Kier alpha value is -2.57. The Morgan fingerprint density at radius 3 is 2.93 bits per heavy atom. The van der Waals surface area contributed by atoms with Gasteiger partial charge in [0.2, 0.25) is 5.91 Å². The molecule has 0 bridgehead atoms. The lowest BCUT2D eigenvalue weighted by molar-refractivity contribution is -0.116. The number of carbonyl (C=O) groups excluding carboxylic acids is 2. The lowest BCUT2D eigenvalue weighted by Gasteiger charge is -2.20. The summed E-state index contributed by atoms with van der Waals surface area (Å²) in [6.45, 7) is 1.40. The van der Waals surface area contributed by atoms with Gasteiger partial charge < -0.3 is 15.3 Å². The van der Waals surface area contributed by atoms with Crippen molar-refractivity contribution in [3.8, 4) is 0 Å². The number of hydrazine groups is 1. The van der Waals surface area contributed by atoms with Gasteiger partial charge in [0, 0.05) is 42.4 Å². The van der Waals surface area contributed by atoms with Gasteiger partial charge in [0.1, 0.15) is 0 Å². The zero-order chi connectivity index (χ0) is 19.4. The van der Waals surface area contributed by atoms with Crippen molar-refractivity contribution in [2.45, 2.75) is 19.4 Å². The number of aromatic nitrogens is 2. The minimum Gasteiger partial charge on any atom is -0.464 e. The van der Waals surface area contributed by atoms with Crippen LogP contribution in [0.4, 0.5) is 9.93 Å². The Morgan fingerprint density at radius 2 is 2.22 bits per heavy atom. The summed E-state index contributed by atoms with van der Waals surface area (Å²) in [5.74, 6) is -0.988. The molecule has 3 rings (SSSR count). The number of carboxylic acid groups (broad SMARTS) is 1. The fraction of sp³-hybridized carbons (Fsp3) is 0.400. The fourth-order valence-electron chi connectivity index (χ4n) is 2.47. The van der Waals surface area contributed by atoms with Gasteiger partial charge in [-0.1, -0.05) is 0 Å². The number of carbonyl (C=O) groups is 3. The van der Waals surface area contributed by atoms with E-state index in [-0.39, 0.29) is 18.0 Å². The zero-order valence-corrected chi connectivity index (χ0v) is 16.1.